The summed E-state index contributed by atoms with van der Waals surface area (Å²) in [4.78, 5) is 2.37. The molecular formula is C30H53FN2O2S. The van der Waals surface area contributed by atoms with E-state index >= 15 is 0 Å². The molecule has 208 valence electrons. The highest BCUT2D eigenvalue weighted by atomic mass is 32.2. The van der Waals surface area contributed by atoms with E-state index in [-0.39, 0.29) is 29.9 Å². The first kappa shape index (κ1) is 27.4. The number of hydrogen-bond acceptors (Lipinski definition) is 3. The summed E-state index contributed by atoms with van der Waals surface area (Å²) in [5, 5.41) is -0.218. The predicted octanol–water partition coefficient (Wildman–Crippen LogP) is 6.51. The maximum atomic E-state index is 14.4. The molecule has 0 amide bonds. The second-order valence-corrected chi connectivity index (χ2v) is 15.8. The van der Waals surface area contributed by atoms with Gasteiger partial charge in [0, 0.05) is 25.2 Å². The zero-order chi connectivity index (χ0) is 25.4. The standard InChI is InChI=1S/C30H53FN2O2S/c1-21-10-8-11-26(23(21)3)24-13-15-25(16-14-24)30-27(19-31)33-18-7-6-17-32(20-28(30)33)36(34,35)29-12-5-4-9-22(29)2/h21-30H,4-20H2,1-3H3/t21?,22?,23?,24?,25?,26?,27-,28?,29?,30-/m1/s1. The molecule has 3 aliphatic carbocycles. The monoisotopic (exact) mass is 524 g/mol. The minimum Gasteiger partial charge on any atom is -0.293 e. The zero-order valence-electron chi connectivity index (χ0n) is 23.3. The van der Waals surface area contributed by atoms with Gasteiger partial charge in [0.25, 0.3) is 0 Å². The predicted molar refractivity (Wildman–Crippen MR) is 146 cm³/mol. The Morgan fingerprint density at radius 3 is 2.14 bits per heavy atom. The molecule has 5 aliphatic rings. The van der Waals surface area contributed by atoms with Crippen molar-refractivity contribution in [3.05, 3.63) is 0 Å². The zero-order valence-corrected chi connectivity index (χ0v) is 24.1. The molecule has 0 aromatic heterocycles. The molecule has 2 heterocycles. The van der Waals surface area contributed by atoms with E-state index < -0.39 is 10.0 Å². The van der Waals surface area contributed by atoms with E-state index in [1.165, 1.54) is 44.9 Å². The molecule has 36 heavy (non-hydrogen) atoms. The van der Waals surface area contributed by atoms with E-state index in [1.54, 1.807) is 0 Å². The number of rotatable bonds is 5. The van der Waals surface area contributed by atoms with Gasteiger partial charge in [-0.25, -0.2) is 17.1 Å². The summed E-state index contributed by atoms with van der Waals surface area (Å²) in [5.74, 6) is 4.57. The first-order valence-corrected chi connectivity index (χ1v) is 17.1. The minimum absolute atomic E-state index is 0.0152. The van der Waals surface area contributed by atoms with Gasteiger partial charge >= 0.3 is 0 Å². The fourth-order valence-corrected chi connectivity index (χ4v) is 11.8. The van der Waals surface area contributed by atoms with Crippen LogP contribution < -0.4 is 0 Å². The molecule has 8 atom stereocenters. The summed E-state index contributed by atoms with van der Waals surface area (Å²) in [6, 6.07) is 0.233. The van der Waals surface area contributed by atoms with Crippen LogP contribution >= 0.6 is 0 Å². The normalized spacial score (nSPS) is 45.8. The number of halogens is 1. The van der Waals surface area contributed by atoms with Gasteiger partial charge in [-0.05, 0) is 106 Å². The average Bonchev–Trinajstić information content (AvgIpc) is 2.85. The van der Waals surface area contributed by atoms with Crippen molar-refractivity contribution in [2.45, 2.75) is 122 Å². The molecule has 0 spiro atoms. The second kappa shape index (κ2) is 11.5. The summed E-state index contributed by atoms with van der Waals surface area (Å²) in [5.41, 5.74) is 0. The van der Waals surface area contributed by atoms with Crippen LogP contribution in [0.2, 0.25) is 0 Å². The van der Waals surface area contributed by atoms with Gasteiger partial charge in [0.2, 0.25) is 10.0 Å². The third-order valence-electron chi connectivity index (χ3n) is 11.9. The van der Waals surface area contributed by atoms with Crippen molar-refractivity contribution >= 4 is 10.0 Å². The molecule has 5 rings (SSSR count). The van der Waals surface area contributed by atoms with E-state index in [0.29, 0.717) is 24.9 Å². The largest absolute Gasteiger partial charge is 0.293 e. The third-order valence-corrected chi connectivity index (χ3v) is 14.4. The van der Waals surface area contributed by atoms with Crippen molar-refractivity contribution in [2.24, 2.45) is 41.4 Å². The lowest BCUT2D eigenvalue weighted by atomic mass is 9.60. The fraction of sp³-hybridized carbons (Fsp3) is 1.00. The lowest BCUT2D eigenvalue weighted by Gasteiger charge is -2.60. The Balaban J connectivity index is 1.27. The Hall–Kier alpha value is -0.200. The van der Waals surface area contributed by atoms with Gasteiger partial charge in [-0.1, -0.05) is 46.5 Å². The van der Waals surface area contributed by atoms with Crippen molar-refractivity contribution in [3.8, 4) is 0 Å². The maximum absolute atomic E-state index is 14.4. The van der Waals surface area contributed by atoms with Crippen LogP contribution in [0.15, 0.2) is 0 Å². The van der Waals surface area contributed by atoms with Crippen LogP contribution in [0.5, 0.6) is 0 Å². The molecule has 0 aromatic rings. The molecule has 5 fully saturated rings. The van der Waals surface area contributed by atoms with Crippen molar-refractivity contribution in [2.75, 3.05) is 26.3 Å². The molecule has 6 heteroatoms. The van der Waals surface area contributed by atoms with E-state index in [9.17, 15) is 12.8 Å². The summed E-state index contributed by atoms with van der Waals surface area (Å²) < 4.78 is 43.9. The topological polar surface area (TPSA) is 40.6 Å². The van der Waals surface area contributed by atoms with E-state index in [1.807, 2.05) is 4.31 Å². The van der Waals surface area contributed by atoms with Gasteiger partial charge in [0.15, 0.2) is 0 Å². The lowest BCUT2D eigenvalue weighted by molar-refractivity contribution is -0.114. The molecule has 0 aromatic carbocycles. The maximum Gasteiger partial charge on any atom is 0.217 e. The molecule has 4 nitrogen and oxygen atoms in total. The van der Waals surface area contributed by atoms with E-state index in [2.05, 4.69) is 25.7 Å². The Labute approximate surface area is 221 Å². The summed E-state index contributed by atoms with van der Waals surface area (Å²) in [7, 11) is -3.30. The van der Waals surface area contributed by atoms with Gasteiger partial charge in [0.1, 0.15) is 6.67 Å². The third kappa shape index (κ3) is 5.18. The first-order chi connectivity index (χ1) is 17.3. The van der Waals surface area contributed by atoms with E-state index in [0.717, 1.165) is 68.7 Å². The van der Waals surface area contributed by atoms with Crippen molar-refractivity contribution < 1.29 is 12.8 Å². The minimum atomic E-state index is -3.30. The smallest absolute Gasteiger partial charge is 0.217 e. The molecule has 3 saturated carbocycles. The number of sulfonamides is 1. The van der Waals surface area contributed by atoms with Crippen LogP contribution in [0.4, 0.5) is 4.39 Å². The summed E-state index contributed by atoms with van der Waals surface area (Å²) in [6.45, 7) is 8.99. The average molecular weight is 525 g/mol. The van der Waals surface area contributed by atoms with Gasteiger partial charge < -0.3 is 0 Å². The number of hydrogen-bond donors (Lipinski definition) is 0. The van der Waals surface area contributed by atoms with Crippen LogP contribution in [-0.2, 0) is 10.0 Å². The van der Waals surface area contributed by atoms with Crippen molar-refractivity contribution in [3.63, 3.8) is 0 Å². The van der Waals surface area contributed by atoms with Gasteiger partial charge in [-0.3, -0.25) is 4.90 Å². The molecule has 0 N–H and O–H groups in total. The number of alkyl halides is 1. The highest BCUT2D eigenvalue weighted by Gasteiger charge is 2.54. The van der Waals surface area contributed by atoms with Gasteiger partial charge in [-0.2, -0.15) is 0 Å². The molecule has 2 aliphatic heterocycles. The lowest BCUT2D eigenvalue weighted by Crippen LogP contribution is -2.71. The Bertz CT molecular complexity index is 829. The first-order valence-electron chi connectivity index (χ1n) is 15.6. The Kier molecular flexibility index (Phi) is 8.74. The SMILES string of the molecule is CC1CCCC(C2CCC([C@H]3C4CN(S(=O)(=O)C5CCCCC5C)CCCCN4[C@@H]3CF)CC2)C1C. The van der Waals surface area contributed by atoms with Gasteiger partial charge in [-0.15, -0.1) is 0 Å². The van der Waals surface area contributed by atoms with Crippen LogP contribution in [0.3, 0.4) is 0 Å². The molecule has 0 radical (unpaired) electrons. The van der Waals surface area contributed by atoms with Crippen molar-refractivity contribution in [1.29, 1.82) is 0 Å². The highest BCUT2D eigenvalue weighted by molar-refractivity contribution is 7.89. The van der Waals surface area contributed by atoms with Crippen LogP contribution in [0, 0.1) is 41.4 Å². The number of fused-ring (bicyclic) bond motifs is 1. The summed E-state index contributed by atoms with van der Waals surface area (Å²) >= 11 is 0. The van der Waals surface area contributed by atoms with Crippen molar-refractivity contribution in [1.82, 2.24) is 9.21 Å². The summed E-state index contributed by atoms with van der Waals surface area (Å²) in [6.07, 6.45) is 15.2. The Morgan fingerprint density at radius 1 is 0.750 bits per heavy atom. The molecule has 6 unspecified atom stereocenters. The van der Waals surface area contributed by atoms with Gasteiger partial charge in [0.05, 0.1) is 5.25 Å². The van der Waals surface area contributed by atoms with Crippen LogP contribution in [0.25, 0.3) is 0 Å². The number of nitrogens with zero attached hydrogens (tertiary/aromatic N) is 2. The second-order valence-electron chi connectivity index (χ2n) is 13.6. The highest BCUT2D eigenvalue weighted by Crippen LogP contribution is 2.50. The Morgan fingerprint density at radius 2 is 1.42 bits per heavy atom. The van der Waals surface area contributed by atoms with E-state index in [4.69, 9.17) is 0 Å². The molecule has 2 saturated heterocycles. The molecule has 0 bridgehead atoms. The van der Waals surface area contributed by atoms with Crippen LogP contribution in [0.1, 0.15) is 104 Å². The van der Waals surface area contributed by atoms with Crippen LogP contribution in [-0.4, -0.2) is 61.3 Å². The quantitative estimate of drug-likeness (QED) is 0.412. The fourth-order valence-electron chi connectivity index (χ4n) is 9.50. The molecular weight excluding hydrogens is 471 g/mol.